The van der Waals surface area contributed by atoms with E-state index >= 15 is 0 Å². The molecule has 0 saturated carbocycles. The van der Waals surface area contributed by atoms with Gasteiger partial charge in [0.15, 0.2) is 0 Å². The normalized spacial score (nSPS) is 12.7. The average Bonchev–Trinajstić information content (AvgIpc) is 3.35. The smallest absolute Gasteiger partial charge is 0.266 e. The van der Waals surface area contributed by atoms with Crippen LogP contribution in [0.4, 0.5) is 11.4 Å². The van der Waals surface area contributed by atoms with E-state index in [4.69, 9.17) is 11.6 Å². The zero-order chi connectivity index (χ0) is 22.9. The van der Waals surface area contributed by atoms with Gasteiger partial charge in [-0.25, -0.2) is 4.90 Å². The Morgan fingerprint density at radius 2 is 1.64 bits per heavy atom. The lowest BCUT2D eigenvalue weighted by molar-refractivity contribution is 0.0924. The molecule has 1 N–H and O–H groups in total. The van der Waals surface area contributed by atoms with Crippen molar-refractivity contribution < 1.29 is 14.4 Å². The van der Waals surface area contributed by atoms with Gasteiger partial charge in [0.25, 0.3) is 17.7 Å². The number of aromatic nitrogens is 2. The van der Waals surface area contributed by atoms with E-state index in [0.717, 1.165) is 10.5 Å². The zero-order valence-electron chi connectivity index (χ0n) is 17.2. The molecule has 1 aromatic heterocycles. The van der Waals surface area contributed by atoms with E-state index in [2.05, 4.69) is 10.4 Å². The van der Waals surface area contributed by atoms with Crippen LogP contribution in [0.5, 0.6) is 0 Å². The Balaban J connectivity index is 1.32. The van der Waals surface area contributed by atoms with Gasteiger partial charge in [0.05, 0.1) is 35.2 Å². The fraction of sp³-hybridized carbons (Fsp3) is 0.0400. The molecule has 162 valence electrons. The number of hydrogen-bond acceptors (Lipinski definition) is 4. The van der Waals surface area contributed by atoms with Gasteiger partial charge < -0.3 is 5.32 Å². The highest BCUT2D eigenvalue weighted by Crippen LogP contribution is 2.29. The third-order valence-corrected chi connectivity index (χ3v) is 5.52. The zero-order valence-corrected chi connectivity index (χ0v) is 18.0. The monoisotopic (exact) mass is 456 g/mol. The Morgan fingerprint density at radius 3 is 2.36 bits per heavy atom. The summed E-state index contributed by atoms with van der Waals surface area (Å²) in [4.78, 5) is 39.4. The van der Waals surface area contributed by atoms with Crippen molar-refractivity contribution in [2.75, 3.05) is 10.2 Å². The Labute approximate surface area is 194 Å². The Morgan fingerprint density at radius 1 is 0.909 bits per heavy atom. The lowest BCUT2D eigenvalue weighted by Gasteiger charge is -2.15. The minimum atomic E-state index is -0.407. The molecule has 0 saturated heterocycles. The first kappa shape index (κ1) is 20.7. The number of hydrogen-bond donors (Lipinski definition) is 1. The molecule has 0 atom stereocenters. The molecule has 0 fully saturated rings. The number of rotatable bonds is 5. The van der Waals surface area contributed by atoms with Crippen molar-refractivity contribution in [2.24, 2.45) is 0 Å². The predicted molar refractivity (Wildman–Crippen MR) is 125 cm³/mol. The van der Waals surface area contributed by atoms with Crippen molar-refractivity contribution in [2.45, 2.75) is 6.54 Å². The highest BCUT2D eigenvalue weighted by Gasteiger charge is 2.36. The lowest BCUT2D eigenvalue weighted by atomic mass is 10.1. The summed E-state index contributed by atoms with van der Waals surface area (Å²) in [5, 5.41) is 7.71. The van der Waals surface area contributed by atoms with Crippen LogP contribution in [0.25, 0.3) is 0 Å². The van der Waals surface area contributed by atoms with E-state index in [1.165, 1.54) is 6.07 Å². The van der Waals surface area contributed by atoms with E-state index in [1.54, 1.807) is 65.6 Å². The van der Waals surface area contributed by atoms with Gasteiger partial charge in [-0.15, -0.1) is 0 Å². The molecule has 33 heavy (non-hydrogen) atoms. The number of carbonyl (C=O) groups excluding carboxylic acids is 3. The predicted octanol–water partition coefficient (Wildman–Crippen LogP) is 4.64. The number of imide groups is 1. The van der Waals surface area contributed by atoms with Crippen molar-refractivity contribution in [3.8, 4) is 0 Å². The summed E-state index contributed by atoms with van der Waals surface area (Å²) >= 11 is 6.02. The molecule has 7 nitrogen and oxygen atoms in total. The first-order valence-electron chi connectivity index (χ1n) is 10.2. The first-order valence-corrected chi connectivity index (χ1v) is 10.5. The van der Waals surface area contributed by atoms with E-state index in [1.807, 2.05) is 18.2 Å². The van der Waals surface area contributed by atoms with Gasteiger partial charge in [-0.05, 0) is 48.0 Å². The minimum absolute atomic E-state index is 0.312. The van der Waals surface area contributed by atoms with E-state index in [-0.39, 0.29) is 5.91 Å². The number of nitrogens with one attached hydrogen (secondary N) is 1. The molecular weight excluding hydrogens is 440 g/mol. The molecule has 1 aliphatic rings. The summed E-state index contributed by atoms with van der Waals surface area (Å²) in [5.41, 5.74) is 2.86. The van der Waals surface area contributed by atoms with Gasteiger partial charge in [0.1, 0.15) is 0 Å². The van der Waals surface area contributed by atoms with Crippen LogP contribution in [-0.2, 0) is 6.54 Å². The number of nitrogens with zero attached hydrogens (tertiary/aromatic N) is 3. The number of amides is 3. The van der Waals surface area contributed by atoms with Crippen molar-refractivity contribution in [3.05, 3.63) is 112 Å². The molecule has 0 bridgehead atoms. The highest BCUT2D eigenvalue weighted by atomic mass is 35.5. The van der Waals surface area contributed by atoms with Crippen LogP contribution in [0, 0.1) is 0 Å². The van der Waals surface area contributed by atoms with Gasteiger partial charge in [0.2, 0.25) is 0 Å². The molecule has 1 aliphatic heterocycles. The fourth-order valence-corrected chi connectivity index (χ4v) is 3.96. The summed E-state index contributed by atoms with van der Waals surface area (Å²) in [6.07, 6.45) is 3.27. The SMILES string of the molecule is O=C(Nc1cnn(Cc2cccc(Cl)c2)c1)c1cccc(N2C(=O)c3ccccc3C2=O)c1. The number of fused-ring (bicyclic) bond motifs is 1. The molecular formula is C25H17ClN4O3. The number of benzene rings is 3. The topological polar surface area (TPSA) is 84.3 Å². The van der Waals surface area contributed by atoms with Crippen molar-refractivity contribution in [1.29, 1.82) is 0 Å². The van der Waals surface area contributed by atoms with Crippen LogP contribution >= 0.6 is 11.6 Å². The van der Waals surface area contributed by atoms with Gasteiger partial charge in [0, 0.05) is 16.8 Å². The maximum absolute atomic E-state index is 12.8. The fourth-order valence-electron chi connectivity index (χ4n) is 3.75. The Kier molecular flexibility index (Phi) is 5.24. The summed E-state index contributed by atoms with van der Waals surface area (Å²) in [7, 11) is 0. The maximum atomic E-state index is 12.8. The Hall–Kier alpha value is -4.23. The maximum Gasteiger partial charge on any atom is 0.266 e. The number of halogens is 1. The molecule has 5 rings (SSSR count). The van der Waals surface area contributed by atoms with Crippen LogP contribution in [0.3, 0.4) is 0 Å². The van der Waals surface area contributed by atoms with E-state index < -0.39 is 11.8 Å². The van der Waals surface area contributed by atoms with Crippen molar-refractivity contribution in [3.63, 3.8) is 0 Å². The standard InChI is InChI=1S/C25H17ClN4O3/c26-18-7-3-5-16(11-18)14-29-15-19(13-27-29)28-23(31)17-6-4-8-20(12-17)30-24(32)21-9-1-2-10-22(21)25(30)33/h1-13,15H,14H2,(H,28,31). The van der Waals surface area contributed by atoms with Crippen molar-refractivity contribution in [1.82, 2.24) is 9.78 Å². The molecule has 0 spiro atoms. The minimum Gasteiger partial charge on any atom is -0.319 e. The molecule has 0 unspecified atom stereocenters. The van der Waals surface area contributed by atoms with Gasteiger partial charge >= 0.3 is 0 Å². The highest BCUT2D eigenvalue weighted by molar-refractivity contribution is 6.34. The molecule has 3 aromatic carbocycles. The van der Waals surface area contributed by atoms with E-state index in [0.29, 0.717) is 39.6 Å². The third kappa shape index (κ3) is 4.02. The van der Waals surface area contributed by atoms with Crippen LogP contribution in [0.15, 0.2) is 85.2 Å². The second-order valence-corrected chi connectivity index (χ2v) is 7.99. The van der Waals surface area contributed by atoms with Crippen LogP contribution in [-0.4, -0.2) is 27.5 Å². The second kappa shape index (κ2) is 8.37. The van der Waals surface area contributed by atoms with Crippen LogP contribution in [0.2, 0.25) is 5.02 Å². The summed E-state index contributed by atoms with van der Waals surface area (Å²) in [5.74, 6) is -1.19. The number of carbonyl (C=O) groups is 3. The summed E-state index contributed by atoms with van der Waals surface area (Å²) < 4.78 is 1.69. The van der Waals surface area contributed by atoms with Gasteiger partial charge in [-0.3, -0.25) is 19.1 Å². The molecule has 2 heterocycles. The van der Waals surface area contributed by atoms with Crippen LogP contribution in [0.1, 0.15) is 36.6 Å². The second-order valence-electron chi connectivity index (χ2n) is 7.55. The molecule has 0 aliphatic carbocycles. The van der Waals surface area contributed by atoms with Gasteiger partial charge in [-0.2, -0.15) is 5.10 Å². The molecule has 8 heteroatoms. The van der Waals surface area contributed by atoms with E-state index in [9.17, 15) is 14.4 Å². The lowest BCUT2D eigenvalue weighted by Crippen LogP contribution is -2.29. The molecule has 3 amide bonds. The summed E-state index contributed by atoms with van der Waals surface area (Å²) in [6.45, 7) is 0.506. The average molecular weight is 457 g/mol. The largest absolute Gasteiger partial charge is 0.319 e. The quantitative estimate of drug-likeness (QED) is 0.443. The summed E-state index contributed by atoms with van der Waals surface area (Å²) in [6, 6.07) is 20.5. The Bertz CT molecular complexity index is 1380. The first-order chi connectivity index (χ1) is 16.0. The molecule has 4 aromatic rings. The third-order valence-electron chi connectivity index (χ3n) is 5.29. The van der Waals surface area contributed by atoms with Gasteiger partial charge in [-0.1, -0.05) is 41.9 Å². The van der Waals surface area contributed by atoms with Crippen LogP contribution < -0.4 is 10.2 Å². The van der Waals surface area contributed by atoms with Crippen molar-refractivity contribution >= 4 is 40.7 Å². The molecule has 0 radical (unpaired) electrons. The number of anilines is 2.